The topological polar surface area (TPSA) is 85.9 Å². The van der Waals surface area contributed by atoms with Crippen LogP contribution in [0.3, 0.4) is 0 Å². The zero-order valence-corrected chi connectivity index (χ0v) is 20.1. The summed E-state index contributed by atoms with van der Waals surface area (Å²) in [5, 5.41) is 6.88. The highest BCUT2D eigenvalue weighted by atomic mass is 35.5. The van der Waals surface area contributed by atoms with E-state index in [1.54, 1.807) is 19.1 Å². The number of esters is 1. The van der Waals surface area contributed by atoms with Gasteiger partial charge in [0.15, 0.2) is 29.0 Å². The van der Waals surface area contributed by atoms with Crippen LogP contribution in [0, 0.1) is 0 Å². The first kappa shape index (κ1) is 24.5. The molecule has 2 aromatic carbocycles. The van der Waals surface area contributed by atoms with Crippen LogP contribution in [0.2, 0.25) is 5.02 Å². The summed E-state index contributed by atoms with van der Waals surface area (Å²) in [5.74, 6) is -0.0685. The minimum absolute atomic E-state index is 0.127. The molecule has 2 aromatic rings. The Balaban J connectivity index is 2.07. The van der Waals surface area contributed by atoms with Gasteiger partial charge in [-0.3, -0.25) is 4.79 Å². The van der Waals surface area contributed by atoms with Crippen LogP contribution in [0.1, 0.15) is 37.9 Å². The van der Waals surface area contributed by atoms with Crippen LogP contribution in [0.25, 0.3) is 5.70 Å². The molecule has 1 atom stereocenters. The molecule has 0 fully saturated rings. The van der Waals surface area contributed by atoms with Crippen molar-refractivity contribution in [3.05, 3.63) is 64.2 Å². The summed E-state index contributed by atoms with van der Waals surface area (Å²) in [4.78, 5) is 24.5. The third-order valence-corrected chi connectivity index (χ3v) is 5.32. The quantitative estimate of drug-likeness (QED) is 0.401. The maximum absolute atomic E-state index is 12.8. The largest absolute Gasteiger partial charge is 0.490 e. The molecule has 3 rings (SSSR count). The number of ketones is 1. The number of benzene rings is 2. The van der Waals surface area contributed by atoms with Crippen molar-refractivity contribution in [1.82, 2.24) is 10.6 Å². The van der Waals surface area contributed by atoms with E-state index in [1.807, 2.05) is 37.3 Å². The van der Waals surface area contributed by atoms with Crippen LogP contribution >= 0.6 is 23.8 Å². The van der Waals surface area contributed by atoms with Gasteiger partial charge in [0.2, 0.25) is 0 Å². The molecule has 33 heavy (non-hydrogen) atoms. The van der Waals surface area contributed by atoms with Crippen molar-refractivity contribution < 1.29 is 23.8 Å². The molecular weight excluding hydrogens is 464 g/mol. The molecule has 7 nitrogen and oxygen atoms in total. The fourth-order valence-corrected chi connectivity index (χ4v) is 4.01. The maximum Gasteiger partial charge on any atom is 0.344 e. The van der Waals surface area contributed by atoms with Crippen molar-refractivity contribution in [3.63, 3.8) is 0 Å². The summed E-state index contributed by atoms with van der Waals surface area (Å²) in [5.41, 5.74) is 2.64. The number of hydrogen-bond acceptors (Lipinski definition) is 6. The molecule has 0 aromatic heterocycles. The molecule has 0 bridgehead atoms. The monoisotopic (exact) mass is 488 g/mol. The third kappa shape index (κ3) is 5.83. The van der Waals surface area contributed by atoms with E-state index in [0.29, 0.717) is 34.3 Å². The average Bonchev–Trinajstić information content (AvgIpc) is 2.78. The summed E-state index contributed by atoms with van der Waals surface area (Å²) in [6.45, 7) is 5.33. The van der Waals surface area contributed by atoms with Gasteiger partial charge in [-0.25, -0.2) is 4.79 Å². The van der Waals surface area contributed by atoms with Gasteiger partial charge in [-0.1, -0.05) is 41.9 Å². The highest BCUT2D eigenvalue weighted by Gasteiger charge is 2.31. The van der Waals surface area contributed by atoms with Crippen LogP contribution in [0.15, 0.2) is 48.0 Å². The van der Waals surface area contributed by atoms with Crippen molar-refractivity contribution in [1.29, 1.82) is 0 Å². The number of nitrogens with one attached hydrogen (secondary N) is 2. The van der Waals surface area contributed by atoms with Crippen molar-refractivity contribution in [2.24, 2.45) is 0 Å². The Bertz CT molecular complexity index is 1090. The SMILES string of the molecule is CCOC(=O)COc1c(Cl)cc(C2NC(=S)NC(c3ccccc3)=C2C(C)=O)cc1OCC. The summed E-state index contributed by atoms with van der Waals surface area (Å²) in [7, 11) is 0. The summed E-state index contributed by atoms with van der Waals surface area (Å²) >= 11 is 12.0. The van der Waals surface area contributed by atoms with Crippen molar-refractivity contribution >= 4 is 46.4 Å². The number of halogens is 1. The van der Waals surface area contributed by atoms with Gasteiger partial charge < -0.3 is 24.8 Å². The molecule has 1 aliphatic heterocycles. The Kier molecular flexibility index (Phi) is 8.30. The Morgan fingerprint density at radius 2 is 1.82 bits per heavy atom. The summed E-state index contributed by atoms with van der Waals surface area (Å²) < 4.78 is 16.2. The van der Waals surface area contributed by atoms with E-state index in [4.69, 9.17) is 38.0 Å². The van der Waals surface area contributed by atoms with E-state index in [-0.39, 0.29) is 29.8 Å². The molecule has 0 aliphatic carbocycles. The highest BCUT2D eigenvalue weighted by molar-refractivity contribution is 7.80. The van der Waals surface area contributed by atoms with E-state index in [2.05, 4.69) is 10.6 Å². The first-order chi connectivity index (χ1) is 15.8. The zero-order chi connectivity index (χ0) is 24.0. The van der Waals surface area contributed by atoms with Crippen LogP contribution in [-0.4, -0.2) is 36.7 Å². The lowest BCUT2D eigenvalue weighted by Crippen LogP contribution is -2.44. The predicted molar refractivity (Wildman–Crippen MR) is 130 cm³/mol. The number of carbonyl (C=O) groups is 2. The van der Waals surface area contributed by atoms with Crippen molar-refractivity contribution in [2.45, 2.75) is 26.8 Å². The molecule has 2 N–H and O–H groups in total. The first-order valence-corrected chi connectivity index (χ1v) is 11.3. The minimum Gasteiger partial charge on any atom is -0.490 e. The molecule has 0 saturated carbocycles. The number of ether oxygens (including phenoxy) is 3. The Hall–Kier alpha value is -3.10. The van der Waals surface area contributed by atoms with Crippen molar-refractivity contribution in [3.8, 4) is 11.5 Å². The molecule has 174 valence electrons. The van der Waals surface area contributed by atoms with Gasteiger partial charge in [-0.2, -0.15) is 0 Å². The van der Waals surface area contributed by atoms with Gasteiger partial charge >= 0.3 is 5.97 Å². The van der Waals surface area contributed by atoms with E-state index in [1.165, 1.54) is 6.92 Å². The van der Waals surface area contributed by atoms with Gasteiger partial charge in [0, 0.05) is 5.57 Å². The molecule has 1 aliphatic rings. The number of thiocarbonyl (C=S) groups is 1. The first-order valence-electron chi connectivity index (χ1n) is 10.5. The van der Waals surface area contributed by atoms with E-state index >= 15 is 0 Å². The molecule has 0 radical (unpaired) electrons. The molecule has 0 amide bonds. The average molecular weight is 489 g/mol. The third-order valence-electron chi connectivity index (χ3n) is 4.82. The second-order valence-corrected chi connectivity index (χ2v) is 7.91. The van der Waals surface area contributed by atoms with E-state index < -0.39 is 12.0 Å². The normalized spacial score (nSPS) is 15.4. The second kappa shape index (κ2) is 11.2. The minimum atomic E-state index is -0.567. The maximum atomic E-state index is 12.8. The van der Waals surface area contributed by atoms with Crippen LogP contribution in [0.5, 0.6) is 11.5 Å². The zero-order valence-electron chi connectivity index (χ0n) is 18.6. The van der Waals surface area contributed by atoms with Gasteiger partial charge in [0.1, 0.15) is 0 Å². The van der Waals surface area contributed by atoms with Crippen molar-refractivity contribution in [2.75, 3.05) is 19.8 Å². The Morgan fingerprint density at radius 3 is 2.45 bits per heavy atom. The number of carbonyl (C=O) groups excluding carboxylic acids is 2. The van der Waals surface area contributed by atoms with Crippen LogP contribution in [0.4, 0.5) is 0 Å². The van der Waals surface area contributed by atoms with Gasteiger partial charge in [0.05, 0.1) is 30.0 Å². The predicted octanol–water partition coefficient (Wildman–Crippen LogP) is 4.20. The van der Waals surface area contributed by atoms with Crippen LogP contribution < -0.4 is 20.1 Å². The van der Waals surface area contributed by atoms with Gasteiger partial charge in [0.25, 0.3) is 0 Å². The summed E-state index contributed by atoms with van der Waals surface area (Å²) in [6, 6.07) is 12.3. The molecule has 1 heterocycles. The van der Waals surface area contributed by atoms with Crippen LogP contribution in [-0.2, 0) is 14.3 Å². The molecule has 9 heteroatoms. The molecule has 0 saturated heterocycles. The van der Waals surface area contributed by atoms with E-state index in [0.717, 1.165) is 5.56 Å². The second-order valence-electron chi connectivity index (χ2n) is 7.10. The molecule has 1 unspecified atom stereocenters. The highest BCUT2D eigenvalue weighted by Crippen LogP contribution is 2.41. The van der Waals surface area contributed by atoms with Gasteiger partial charge in [-0.15, -0.1) is 0 Å². The lowest BCUT2D eigenvalue weighted by Gasteiger charge is -2.31. The number of hydrogen-bond donors (Lipinski definition) is 2. The fourth-order valence-electron chi connectivity index (χ4n) is 3.52. The Morgan fingerprint density at radius 1 is 1.09 bits per heavy atom. The van der Waals surface area contributed by atoms with E-state index in [9.17, 15) is 9.59 Å². The molecular formula is C24H25ClN2O5S. The molecule has 0 spiro atoms. The fraction of sp³-hybridized carbons (Fsp3) is 0.292. The standard InChI is InChI=1S/C24H25ClN2O5S/c1-4-30-18-12-16(11-17(25)23(18)32-13-19(29)31-5-2)22-20(14(3)28)21(26-24(33)27-22)15-9-7-6-8-10-15/h6-12,22H,4-5,13H2,1-3H3,(H2,26,27,33). The number of rotatable bonds is 9. The lowest BCUT2D eigenvalue weighted by atomic mass is 9.90. The lowest BCUT2D eigenvalue weighted by molar-refractivity contribution is -0.145. The number of Topliss-reactive ketones (excluding diaryl/α,β-unsaturated/α-hetero) is 1. The van der Waals surface area contributed by atoms with Gasteiger partial charge in [-0.05, 0) is 56.2 Å². The smallest absolute Gasteiger partial charge is 0.344 e. The Labute approximate surface area is 203 Å². The summed E-state index contributed by atoms with van der Waals surface area (Å²) in [6.07, 6.45) is 0.